The van der Waals surface area contributed by atoms with Gasteiger partial charge in [0.25, 0.3) is 0 Å². The number of aromatic nitrogens is 1. The van der Waals surface area contributed by atoms with E-state index in [0.29, 0.717) is 0 Å². The standard InChI is InChI=1S/C28H47N/c1-3-5-7-9-10-23-12-15-25(16-13-23)26-17-19-27(20-18-26)28-21-14-24(22-29-28)11-8-6-4-2/h14,21-23,25-27H,3-13,15-20H2,1-2H3/t23-,25-,26-,27-. The molecule has 0 bridgehead atoms. The second-order valence-corrected chi connectivity index (χ2v) is 10.3. The van der Waals surface area contributed by atoms with E-state index in [2.05, 4.69) is 32.2 Å². The summed E-state index contributed by atoms with van der Waals surface area (Å²) in [4.78, 5) is 4.87. The summed E-state index contributed by atoms with van der Waals surface area (Å²) in [6.45, 7) is 4.59. The topological polar surface area (TPSA) is 12.9 Å². The normalized spacial score (nSPS) is 27.8. The van der Waals surface area contributed by atoms with Crippen molar-refractivity contribution in [3.05, 3.63) is 29.6 Å². The van der Waals surface area contributed by atoms with Crippen LogP contribution in [0.4, 0.5) is 0 Å². The molecule has 2 aliphatic carbocycles. The summed E-state index contributed by atoms with van der Waals surface area (Å²) in [6.07, 6.45) is 26.4. The lowest BCUT2D eigenvalue weighted by Crippen LogP contribution is -2.25. The highest BCUT2D eigenvalue weighted by Gasteiger charge is 2.31. The molecule has 2 fully saturated rings. The zero-order valence-corrected chi connectivity index (χ0v) is 19.5. The lowest BCUT2D eigenvalue weighted by molar-refractivity contribution is 0.155. The molecule has 3 rings (SSSR count). The van der Waals surface area contributed by atoms with Crippen molar-refractivity contribution in [2.24, 2.45) is 17.8 Å². The van der Waals surface area contributed by atoms with Crippen LogP contribution in [0.5, 0.6) is 0 Å². The van der Waals surface area contributed by atoms with Gasteiger partial charge in [-0.05, 0) is 80.8 Å². The van der Waals surface area contributed by atoms with Crippen LogP contribution in [0.3, 0.4) is 0 Å². The number of hydrogen-bond donors (Lipinski definition) is 0. The molecule has 1 nitrogen and oxygen atoms in total. The zero-order chi connectivity index (χ0) is 20.3. The highest BCUT2D eigenvalue weighted by Crippen LogP contribution is 2.44. The van der Waals surface area contributed by atoms with E-state index in [4.69, 9.17) is 4.98 Å². The van der Waals surface area contributed by atoms with Gasteiger partial charge in [0.15, 0.2) is 0 Å². The Labute approximate surface area is 181 Å². The van der Waals surface area contributed by atoms with E-state index in [1.165, 1.54) is 120 Å². The van der Waals surface area contributed by atoms with E-state index in [-0.39, 0.29) is 0 Å². The van der Waals surface area contributed by atoms with Gasteiger partial charge >= 0.3 is 0 Å². The van der Waals surface area contributed by atoms with Crippen LogP contribution >= 0.6 is 0 Å². The Balaban J connectivity index is 1.35. The average molecular weight is 398 g/mol. The Morgan fingerprint density at radius 1 is 0.724 bits per heavy atom. The minimum Gasteiger partial charge on any atom is -0.261 e. The molecule has 0 spiro atoms. The van der Waals surface area contributed by atoms with Crippen LogP contribution in [0.1, 0.15) is 134 Å². The molecule has 1 aromatic rings. The Kier molecular flexibility index (Phi) is 10.0. The fourth-order valence-corrected chi connectivity index (χ4v) is 6.10. The number of pyridine rings is 1. The van der Waals surface area contributed by atoms with Gasteiger partial charge in [-0.25, -0.2) is 0 Å². The van der Waals surface area contributed by atoms with Gasteiger partial charge in [-0.1, -0.05) is 77.7 Å². The number of aryl methyl sites for hydroxylation is 1. The van der Waals surface area contributed by atoms with Crippen molar-refractivity contribution in [1.29, 1.82) is 0 Å². The molecule has 164 valence electrons. The largest absolute Gasteiger partial charge is 0.261 e. The summed E-state index contributed by atoms with van der Waals surface area (Å²) < 4.78 is 0. The maximum atomic E-state index is 4.87. The molecule has 0 saturated heterocycles. The Bertz CT molecular complexity index is 532. The van der Waals surface area contributed by atoms with E-state index < -0.39 is 0 Å². The number of rotatable bonds is 11. The minimum atomic E-state index is 0.728. The second-order valence-electron chi connectivity index (χ2n) is 10.3. The third-order valence-corrected chi connectivity index (χ3v) is 8.13. The first-order chi connectivity index (χ1) is 14.3. The van der Waals surface area contributed by atoms with Gasteiger partial charge in [-0.15, -0.1) is 0 Å². The second kappa shape index (κ2) is 12.8. The van der Waals surface area contributed by atoms with Crippen molar-refractivity contribution in [2.45, 2.75) is 129 Å². The average Bonchev–Trinajstić information content (AvgIpc) is 2.78. The third kappa shape index (κ3) is 7.41. The first-order valence-corrected chi connectivity index (χ1v) is 13.2. The Morgan fingerprint density at radius 3 is 2.00 bits per heavy atom. The molecule has 0 unspecified atom stereocenters. The van der Waals surface area contributed by atoms with Crippen molar-refractivity contribution >= 4 is 0 Å². The quantitative estimate of drug-likeness (QED) is 0.340. The van der Waals surface area contributed by atoms with Gasteiger partial charge in [-0.3, -0.25) is 4.98 Å². The van der Waals surface area contributed by atoms with Crippen LogP contribution in [0.2, 0.25) is 0 Å². The van der Waals surface area contributed by atoms with Crippen LogP contribution in [-0.4, -0.2) is 4.98 Å². The fraction of sp³-hybridized carbons (Fsp3) is 0.821. The SMILES string of the molecule is CCCCCC[C@H]1CC[C@H]([C@H]2CC[C@H](c3ccc(CCCCC)cn3)CC2)CC1. The minimum absolute atomic E-state index is 0.728. The molecular formula is C28H47N. The van der Waals surface area contributed by atoms with E-state index in [1.54, 1.807) is 0 Å². The van der Waals surface area contributed by atoms with Gasteiger partial charge in [-0.2, -0.15) is 0 Å². The van der Waals surface area contributed by atoms with E-state index in [1.807, 2.05) is 0 Å². The maximum absolute atomic E-state index is 4.87. The third-order valence-electron chi connectivity index (χ3n) is 8.13. The molecule has 29 heavy (non-hydrogen) atoms. The van der Waals surface area contributed by atoms with Crippen LogP contribution < -0.4 is 0 Å². The highest BCUT2D eigenvalue weighted by molar-refractivity contribution is 5.17. The Morgan fingerprint density at radius 2 is 1.38 bits per heavy atom. The monoisotopic (exact) mass is 397 g/mol. The molecule has 2 aliphatic rings. The summed E-state index contributed by atoms with van der Waals surface area (Å²) in [5.41, 5.74) is 2.81. The molecule has 0 amide bonds. The summed E-state index contributed by atoms with van der Waals surface area (Å²) in [5, 5.41) is 0. The summed E-state index contributed by atoms with van der Waals surface area (Å²) in [5.74, 6) is 3.84. The van der Waals surface area contributed by atoms with Crippen molar-refractivity contribution in [3.63, 3.8) is 0 Å². The lowest BCUT2D eigenvalue weighted by atomic mass is 9.68. The summed E-state index contributed by atoms with van der Waals surface area (Å²) >= 11 is 0. The molecule has 0 N–H and O–H groups in total. The summed E-state index contributed by atoms with van der Waals surface area (Å²) in [6, 6.07) is 4.70. The number of nitrogens with zero attached hydrogens (tertiary/aromatic N) is 1. The van der Waals surface area contributed by atoms with Gasteiger partial charge in [0.05, 0.1) is 0 Å². The Hall–Kier alpha value is -0.850. The van der Waals surface area contributed by atoms with Gasteiger partial charge in [0.1, 0.15) is 0 Å². The first kappa shape index (κ1) is 22.8. The van der Waals surface area contributed by atoms with Crippen LogP contribution in [0, 0.1) is 17.8 Å². The summed E-state index contributed by atoms with van der Waals surface area (Å²) in [7, 11) is 0. The van der Waals surface area contributed by atoms with Crippen LogP contribution in [-0.2, 0) is 6.42 Å². The van der Waals surface area contributed by atoms with E-state index in [9.17, 15) is 0 Å². The first-order valence-electron chi connectivity index (χ1n) is 13.2. The van der Waals surface area contributed by atoms with Crippen LogP contribution in [0.25, 0.3) is 0 Å². The molecule has 0 atom stereocenters. The van der Waals surface area contributed by atoms with E-state index in [0.717, 1.165) is 23.7 Å². The molecule has 0 radical (unpaired) electrons. The smallest absolute Gasteiger partial charge is 0.0434 e. The predicted octanol–water partition coefficient (Wildman–Crippen LogP) is 8.86. The van der Waals surface area contributed by atoms with Crippen molar-refractivity contribution in [3.8, 4) is 0 Å². The molecule has 0 aliphatic heterocycles. The van der Waals surface area contributed by atoms with Gasteiger partial charge in [0.2, 0.25) is 0 Å². The molecule has 0 aromatic carbocycles. The fourth-order valence-electron chi connectivity index (χ4n) is 6.10. The number of unbranched alkanes of at least 4 members (excludes halogenated alkanes) is 5. The lowest BCUT2D eigenvalue weighted by Gasteiger charge is -2.38. The molecule has 2 saturated carbocycles. The van der Waals surface area contributed by atoms with E-state index >= 15 is 0 Å². The van der Waals surface area contributed by atoms with Crippen molar-refractivity contribution < 1.29 is 0 Å². The molecule has 1 heterocycles. The molecule has 1 heteroatoms. The number of hydrogen-bond acceptors (Lipinski definition) is 1. The molecule has 1 aromatic heterocycles. The molecular weight excluding hydrogens is 350 g/mol. The van der Waals surface area contributed by atoms with Gasteiger partial charge < -0.3 is 0 Å². The van der Waals surface area contributed by atoms with Crippen LogP contribution in [0.15, 0.2) is 18.3 Å². The highest BCUT2D eigenvalue weighted by atomic mass is 14.7. The van der Waals surface area contributed by atoms with Crippen molar-refractivity contribution in [2.75, 3.05) is 0 Å². The maximum Gasteiger partial charge on any atom is 0.0434 e. The zero-order valence-electron chi connectivity index (χ0n) is 19.5. The predicted molar refractivity (Wildman–Crippen MR) is 126 cm³/mol. The van der Waals surface area contributed by atoms with Gasteiger partial charge in [0, 0.05) is 17.8 Å². The van der Waals surface area contributed by atoms with Crippen molar-refractivity contribution in [1.82, 2.24) is 4.98 Å².